The summed E-state index contributed by atoms with van der Waals surface area (Å²) in [5, 5.41) is 0. The number of likely N-dealkylation sites (tertiary alicyclic amines) is 1. The van der Waals surface area contributed by atoms with Crippen LogP contribution in [-0.4, -0.2) is 30.0 Å². The van der Waals surface area contributed by atoms with Gasteiger partial charge in [-0.1, -0.05) is 0 Å². The van der Waals surface area contributed by atoms with E-state index in [-0.39, 0.29) is 6.54 Å². The van der Waals surface area contributed by atoms with E-state index < -0.39 is 11.5 Å². The van der Waals surface area contributed by atoms with Crippen molar-refractivity contribution in [3.63, 3.8) is 0 Å². The number of halogens is 2. The lowest BCUT2D eigenvalue weighted by atomic mass is 9.96. The van der Waals surface area contributed by atoms with E-state index in [9.17, 15) is 8.78 Å². The Morgan fingerprint density at radius 1 is 1.33 bits per heavy atom. The van der Waals surface area contributed by atoms with Crippen molar-refractivity contribution < 1.29 is 8.78 Å². The maximum absolute atomic E-state index is 12.6. The minimum Gasteiger partial charge on any atom is -0.289 e. The van der Waals surface area contributed by atoms with Gasteiger partial charge >= 0.3 is 0 Å². The van der Waals surface area contributed by atoms with Crippen LogP contribution in [0.1, 0.15) is 12.8 Å². The molecule has 0 amide bonds. The molecular formula is C6H9F2N. The number of hydrogen-bond acceptors (Lipinski definition) is 1. The van der Waals surface area contributed by atoms with Crippen LogP contribution in [-0.2, 0) is 0 Å². The summed E-state index contributed by atoms with van der Waals surface area (Å²) < 4.78 is 25.2. The third-order valence-electron chi connectivity index (χ3n) is 2.57. The van der Waals surface area contributed by atoms with Crippen LogP contribution in [0.4, 0.5) is 8.78 Å². The summed E-state index contributed by atoms with van der Waals surface area (Å²) >= 11 is 0. The largest absolute Gasteiger partial charge is 0.289 e. The van der Waals surface area contributed by atoms with E-state index >= 15 is 0 Å². The Hall–Kier alpha value is -0.180. The SMILES string of the molecule is CN1CC(F)(F)C12CC2. The second-order valence-corrected chi connectivity index (χ2v) is 3.09. The lowest BCUT2D eigenvalue weighted by Gasteiger charge is -2.46. The van der Waals surface area contributed by atoms with Gasteiger partial charge in [-0.3, -0.25) is 4.90 Å². The van der Waals surface area contributed by atoms with Crippen LogP contribution in [0.25, 0.3) is 0 Å². The predicted molar refractivity (Wildman–Crippen MR) is 29.5 cm³/mol. The highest BCUT2D eigenvalue weighted by Gasteiger charge is 2.72. The van der Waals surface area contributed by atoms with Gasteiger partial charge in [0.2, 0.25) is 0 Å². The first kappa shape index (κ1) is 5.59. The normalized spacial score (nSPS) is 36.3. The fourth-order valence-electron chi connectivity index (χ4n) is 1.65. The standard InChI is InChI=1S/C6H9F2N/c1-9-4-6(7,8)5(9)2-3-5/h2-4H2,1H3. The molecule has 0 atom stereocenters. The van der Waals surface area contributed by atoms with E-state index in [0.29, 0.717) is 12.8 Å². The molecule has 0 radical (unpaired) electrons. The van der Waals surface area contributed by atoms with Crippen molar-refractivity contribution in [2.75, 3.05) is 13.6 Å². The Bertz CT molecular complexity index is 151. The van der Waals surface area contributed by atoms with E-state index in [1.165, 1.54) is 0 Å². The second kappa shape index (κ2) is 1.15. The molecule has 2 fully saturated rings. The van der Waals surface area contributed by atoms with Crippen molar-refractivity contribution in [2.45, 2.75) is 24.3 Å². The van der Waals surface area contributed by atoms with Crippen molar-refractivity contribution in [3.05, 3.63) is 0 Å². The smallest absolute Gasteiger partial charge is 0.278 e. The van der Waals surface area contributed by atoms with E-state index in [4.69, 9.17) is 0 Å². The summed E-state index contributed by atoms with van der Waals surface area (Å²) in [5.74, 6) is -2.37. The highest BCUT2D eigenvalue weighted by Crippen LogP contribution is 2.59. The van der Waals surface area contributed by atoms with Gasteiger partial charge in [-0.05, 0) is 19.9 Å². The van der Waals surface area contributed by atoms with Gasteiger partial charge in [0.25, 0.3) is 5.92 Å². The lowest BCUT2D eigenvalue weighted by molar-refractivity contribution is -0.189. The summed E-state index contributed by atoms with van der Waals surface area (Å²) in [7, 11) is 1.77. The summed E-state index contributed by atoms with van der Waals surface area (Å²) in [4.78, 5) is 1.76. The molecule has 1 saturated heterocycles. The molecule has 1 spiro atoms. The first-order valence-corrected chi connectivity index (χ1v) is 3.18. The molecule has 1 aliphatic heterocycles. The minimum atomic E-state index is -2.37. The number of alkyl halides is 2. The molecule has 0 N–H and O–H groups in total. The summed E-state index contributed by atoms with van der Waals surface area (Å²) in [6, 6.07) is 0. The number of rotatable bonds is 0. The van der Waals surface area contributed by atoms with Gasteiger partial charge < -0.3 is 0 Å². The molecule has 0 bridgehead atoms. The fourth-order valence-corrected chi connectivity index (χ4v) is 1.65. The molecule has 0 unspecified atom stereocenters. The Morgan fingerprint density at radius 3 is 2.00 bits per heavy atom. The molecule has 3 heteroatoms. The summed E-state index contributed by atoms with van der Waals surface area (Å²) in [6.07, 6.45) is 1.38. The highest BCUT2D eigenvalue weighted by molar-refractivity contribution is 5.20. The van der Waals surface area contributed by atoms with Gasteiger partial charge in [-0.25, -0.2) is 8.78 Å². The second-order valence-electron chi connectivity index (χ2n) is 3.09. The zero-order chi connectivity index (χ0) is 6.70. The molecule has 0 aromatic rings. The van der Waals surface area contributed by atoms with Crippen molar-refractivity contribution in [2.24, 2.45) is 0 Å². The van der Waals surface area contributed by atoms with Crippen LogP contribution >= 0.6 is 0 Å². The van der Waals surface area contributed by atoms with Gasteiger partial charge in [0.1, 0.15) is 0 Å². The Balaban J connectivity index is 2.20. The molecule has 1 heterocycles. The molecule has 9 heavy (non-hydrogen) atoms. The number of nitrogens with zero attached hydrogens (tertiary/aromatic N) is 1. The summed E-state index contributed by atoms with van der Waals surface area (Å²) in [6.45, 7) is -0.0347. The van der Waals surface area contributed by atoms with Crippen molar-refractivity contribution in [1.29, 1.82) is 0 Å². The molecule has 2 aliphatic rings. The van der Waals surface area contributed by atoms with Crippen LogP contribution < -0.4 is 0 Å². The van der Waals surface area contributed by atoms with E-state index in [1.54, 1.807) is 11.9 Å². The zero-order valence-electron chi connectivity index (χ0n) is 5.32. The predicted octanol–water partition coefficient (Wildman–Crippen LogP) is 1.10. The average molecular weight is 133 g/mol. The first-order chi connectivity index (χ1) is 4.08. The van der Waals surface area contributed by atoms with E-state index in [1.807, 2.05) is 0 Å². The molecule has 0 aromatic heterocycles. The Kier molecular flexibility index (Phi) is 0.712. The van der Waals surface area contributed by atoms with Crippen molar-refractivity contribution in [3.8, 4) is 0 Å². The Morgan fingerprint density at radius 2 is 1.89 bits per heavy atom. The van der Waals surface area contributed by atoms with Crippen LogP contribution in [0.15, 0.2) is 0 Å². The van der Waals surface area contributed by atoms with Crippen LogP contribution in [0.5, 0.6) is 0 Å². The maximum Gasteiger partial charge on any atom is 0.278 e. The number of hydrogen-bond donors (Lipinski definition) is 0. The fraction of sp³-hybridized carbons (Fsp3) is 1.00. The first-order valence-electron chi connectivity index (χ1n) is 3.18. The van der Waals surface area contributed by atoms with Crippen molar-refractivity contribution >= 4 is 0 Å². The van der Waals surface area contributed by atoms with Gasteiger partial charge in [0.15, 0.2) is 0 Å². The van der Waals surface area contributed by atoms with Crippen molar-refractivity contribution in [1.82, 2.24) is 4.90 Å². The minimum absolute atomic E-state index is 0.0347. The maximum atomic E-state index is 12.6. The quantitative estimate of drug-likeness (QED) is 0.478. The molecule has 1 aliphatic carbocycles. The highest BCUT2D eigenvalue weighted by atomic mass is 19.3. The van der Waals surface area contributed by atoms with Crippen LogP contribution in [0.3, 0.4) is 0 Å². The molecule has 52 valence electrons. The lowest BCUT2D eigenvalue weighted by Crippen LogP contribution is -2.65. The van der Waals surface area contributed by atoms with Gasteiger partial charge in [0, 0.05) is 0 Å². The van der Waals surface area contributed by atoms with Gasteiger partial charge in [0.05, 0.1) is 12.1 Å². The molecule has 0 aromatic carbocycles. The van der Waals surface area contributed by atoms with Crippen LogP contribution in [0.2, 0.25) is 0 Å². The third-order valence-corrected chi connectivity index (χ3v) is 2.57. The molecule has 2 rings (SSSR count). The monoisotopic (exact) mass is 133 g/mol. The molecule has 1 nitrogen and oxygen atoms in total. The summed E-state index contributed by atoms with van der Waals surface area (Å²) in [5.41, 5.74) is -0.674. The average Bonchev–Trinajstić information content (AvgIpc) is 2.40. The van der Waals surface area contributed by atoms with E-state index in [0.717, 1.165) is 0 Å². The molecule has 1 saturated carbocycles. The van der Waals surface area contributed by atoms with Gasteiger partial charge in [-0.2, -0.15) is 0 Å². The Labute approximate surface area is 52.6 Å². The zero-order valence-corrected chi connectivity index (χ0v) is 5.32. The third kappa shape index (κ3) is 0.430. The van der Waals surface area contributed by atoms with E-state index in [2.05, 4.69) is 0 Å². The topological polar surface area (TPSA) is 3.24 Å². The van der Waals surface area contributed by atoms with Crippen LogP contribution in [0, 0.1) is 0 Å². The molecular weight excluding hydrogens is 124 g/mol. The van der Waals surface area contributed by atoms with Gasteiger partial charge in [-0.15, -0.1) is 0 Å².